The number of amides is 1. The van der Waals surface area contributed by atoms with Crippen LogP contribution in [0.5, 0.6) is 0 Å². The van der Waals surface area contributed by atoms with E-state index in [9.17, 15) is 4.79 Å². The fraction of sp³-hybridized carbons (Fsp3) is 0.545. The Bertz CT molecular complexity index is 478. The highest BCUT2D eigenvalue weighted by Gasteiger charge is 2.37. The molecule has 2 aliphatic rings. The highest BCUT2D eigenvalue weighted by atomic mass is 16.2. The number of aromatic amines is 1. The van der Waals surface area contributed by atoms with Gasteiger partial charge in [-0.3, -0.25) is 19.6 Å². The molecular formula is C11H15N5O. The van der Waals surface area contributed by atoms with Crippen LogP contribution in [0.2, 0.25) is 0 Å². The van der Waals surface area contributed by atoms with Gasteiger partial charge in [-0.15, -0.1) is 0 Å². The van der Waals surface area contributed by atoms with Gasteiger partial charge in [-0.2, -0.15) is 0 Å². The van der Waals surface area contributed by atoms with Gasteiger partial charge in [0.1, 0.15) is 5.69 Å². The Balaban J connectivity index is 2.10. The van der Waals surface area contributed by atoms with Crippen LogP contribution in [0.15, 0.2) is 11.3 Å². The maximum Gasteiger partial charge on any atom is 0.280 e. The summed E-state index contributed by atoms with van der Waals surface area (Å²) in [4.78, 5) is 27.6. The molecule has 0 fully saturated rings. The Morgan fingerprint density at radius 2 is 2.41 bits per heavy atom. The van der Waals surface area contributed by atoms with Crippen LogP contribution in [0.3, 0.4) is 0 Å². The summed E-state index contributed by atoms with van der Waals surface area (Å²) in [6.07, 6.45) is 3.50. The van der Waals surface area contributed by atoms with Crippen molar-refractivity contribution in [3.8, 4) is 0 Å². The minimum Gasteiger partial charge on any atom is -0.339 e. The van der Waals surface area contributed by atoms with Crippen LogP contribution in [0.1, 0.15) is 30.3 Å². The first-order chi connectivity index (χ1) is 8.33. The van der Waals surface area contributed by atoms with Gasteiger partial charge in [0.05, 0.1) is 6.33 Å². The van der Waals surface area contributed by atoms with Gasteiger partial charge in [-0.1, -0.05) is 6.92 Å². The second kappa shape index (κ2) is 3.87. The van der Waals surface area contributed by atoms with Gasteiger partial charge in [0.2, 0.25) is 5.96 Å². The molecule has 1 aromatic heterocycles. The largest absolute Gasteiger partial charge is 0.339 e. The van der Waals surface area contributed by atoms with E-state index in [4.69, 9.17) is 0 Å². The lowest BCUT2D eigenvalue weighted by Gasteiger charge is -2.38. The van der Waals surface area contributed by atoms with E-state index >= 15 is 0 Å². The molecule has 0 unspecified atom stereocenters. The topological polar surface area (TPSA) is 64.6 Å². The monoisotopic (exact) mass is 233 g/mol. The standard InChI is InChI=1S/C11H15N5O/c1-2-5-15-9-8(13-7-14-9)10(17)16-6-3-4-12-11(15)16/h7H,2-6H2,1H3,(H,13,14). The number of nitrogens with one attached hydrogen (secondary N) is 1. The average molecular weight is 233 g/mol. The number of carbonyl (C=O) groups is 1. The first-order valence-electron chi connectivity index (χ1n) is 6.00. The van der Waals surface area contributed by atoms with Gasteiger partial charge < -0.3 is 4.98 Å². The summed E-state index contributed by atoms with van der Waals surface area (Å²) in [7, 11) is 0. The lowest BCUT2D eigenvalue weighted by atomic mass is 10.2. The summed E-state index contributed by atoms with van der Waals surface area (Å²) in [6.45, 7) is 4.48. The Hall–Kier alpha value is -1.85. The van der Waals surface area contributed by atoms with Crippen molar-refractivity contribution < 1.29 is 4.79 Å². The van der Waals surface area contributed by atoms with Crippen molar-refractivity contribution in [1.29, 1.82) is 0 Å². The second-order valence-corrected chi connectivity index (χ2v) is 4.24. The van der Waals surface area contributed by atoms with Crippen molar-refractivity contribution in [1.82, 2.24) is 14.9 Å². The molecule has 0 saturated heterocycles. The maximum absolute atomic E-state index is 12.2. The van der Waals surface area contributed by atoms with Crippen molar-refractivity contribution in [2.45, 2.75) is 19.8 Å². The number of aromatic nitrogens is 2. The van der Waals surface area contributed by atoms with E-state index in [1.807, 2.05) is 4.90 Å². The van der Waals surface area contributed by atoms with Crippen LogP contribution in [-0.4, -0.2) is 46.4 Å². The molecule has 3 heterocycles. The van der Waals surface area contributed by atoms with Crippen molar-refractivity contribution in [2.24, 2.45) is 4.99 Å². The minimum absolute atomic E-state index is 0.0108. The molecule has 0 bridgehead atoms. The smallest absolute Gasteiger partial charge is 0.280 e. The zero-order valence-corrected chi connectivity index (χ0v) is 9.81. The van der Waals surface area contributed by atoms with Crippen LogP contribution in [0.25, 0.3) is 0 Å². The number of aliphatic imine (C=N–C) groups is 1. The fourth-order valence-electron chi connectivity index (χ4n) is 2.32. The quantitative estimate of drug-likeness (QED) is 0.823. The molecule has 1 amide bonds. The van der Waals surface area contributed by atoms with Gasteiger partial charge >= 0.3 is 0 Å². The number of guanidine groups is 1. The number of H-pyrrole nitrogens is 1. The first kappa shape index (κ1) is 10.3. The van der Waals surface area contributed by atoms with Crippen molar-refractivity contribution in [3.63, 3.8) is 0 Å². The normalized spacial score (nSPS) is 18.9. The third-order valence-electron chi connectivity index (χ3n) is 3.06. The summed E-state index contributed by atoms with van der Waals surface area (Å²) in [5.74, 6) is 1.47. The Morgan fingerprint density at radius 1 is 1.53 bits per heavy atom. The predicted octanol–water partition coefficient (Wildman–Crippen LogP) is 0.842. The predicted molar refractivity (Wildman–Crippen MR) is 64.2 cm³/mol. The molecular weight excluding hydrogens is 218 g/mol. The van der Waals surface area contributed by atoms with Gasteiger partial charge in [0.25, 0.3) is 5.91 Å². The van der Waals surface area contributed by atoms with Gasteiger partial charge in [-0.25, -0.2) is 4.98 Å². The van der Waals surface area contributed by atoms with Crippen molar-refractivity contribution in [2.75, 3.05) is 24.5 Å². The number of hydrogen-bond donors (Lipinski definition) is 1. The molecule has 0 aromatic carbocycles. The second-order valence-electron chi connectivity index (χ2n) is 4.24. The third kappa shape index (κ3) is 1.44. The van der Waals surface area contributed by atoms with E-state index in [0.717, 1.165) is 38.4 Å². The zero-order chi connectivity index (χ0) is 11.8. The lowest BCUT2D eigenvalue weighted by Crippen LogP contribution is -2.54. The highest BCUT2D eigenvalue weighted by Crippen LogP contribution is 2.26. The average Bonchev–Trinajstić information content (AvgIpc) is 2.84. The summed E-state index contributed by atoms with van der Waals surface area (Å²) >= 11 is 0. The third-order valence-corrected chi connectivity index (χ3v) is 3.06. The van der Waals surface area contributed by atoms with E-state index in [1.165, 1.54) is 0 Å². The Morgan fingerprint density at radius 3 is 3.24 bits per heavy atom. The number of rotatable bonds is 2. The number of imidazole rings is 1. The molecule has 3 rings (SSSR count). The summed E-state index contributed by atoms with van der Waals surface area (Å²) in [5, 5.41) is 0. The molecule has 0 saturated carbocycles. The number of nitrogens with zero attached hydrogens (tertiary/aromatic N) is 4. The van der Waals surface area contributed by atoms with Gasteiger partial charge in [0, 0.05) is 19.6 Å². The van der Waals surface area contributed by atoms with E-state index in [0.29, 0.717) is 11.5 Å². The highest BCUT2D eigenvalue weighted by molar-refractivity contribution is 6.17. The van der Waals surface area contributed by atoms with Crippen LogP contribution in [0, 0.1) is 0 Å². The van der Waals surface area contributed by atoms with E-state index in [2.05, 4.69) is 21.9 Å². The Kier molecular flexibility index (Phi) is 2.35. The summed E-state index contributed by atoms with van der Waals surface area (Å²) < 4.78 is 0. The lowest BCUT2D eigenvalue weighted by molar-refractivity contribution is 0.0828. The maximum atomic E-state index is 12.2. The number of carbonyl (C=O) groups excluding carboxylic acids is 1. The Labute approximate surface area is 99.3 Å². The molecule has 2 aliphatic heterocycles. The number of anilines is 1. The number of hydrogen-bond acceptors (Lipinski definition) is 4. The number of fused-ring (bicyclic) bond motifs is 2. The molecule has 90 valence electrons. The molecule has 0 aliphatic carbocycles. The van der Waals surface area contributed by atoms with Crippen LogP contribution in [-0.2, 0) is 0 Å². The molecule has 0 radical (unpaired) electrons. The van der Waals surface area contributed by atoms with Gasteiger partial charge in [-0.05, 0) is 12.8 Å². The molecule has 1 aromatic rings. The minimum atomic E-state index is -0.0108. The van der Waals surface area contributed by atoms with Crippen LogP contribution in [0.4, 0.5) is 5.82 Å². The van der Waals surface area contributed by atoms with Crippen LogP contribution < -0.4 is 4.90 Å². The molecule has 0 spiro atoms. The van der Waals surface area contributed by atoms with E-state index in [1.54, 1.807) is 11.2 Å². The first-order valence-corrected chi connectivity index (χ1v) is 6.00. The summed E-state index contributed by atoms with van der Waals surface area (Å²) in [5.41, 5.74) is 0.583. The summed E-state index contributed by atoms with van der Waals surface area (Å²) in [6, 6.07) is 0. The van der Waals surface area contributed by atoms with Crippen LogP contribution >= 0.6 is 0 Å². The van der Waals surface area contributed by atoms with Gasteiger partial charge in [0.15, 0.2) is 5.82 Å². The molecule has 6 nitrogen and oxygen atoms in total. The molecule has 0 atom stereocenters. The van der Waals surface area contributed by atoms with E-state index < -0.39 is 0 Å². The van der Waals surface area contributed by atoms with E-state index in [-0.39, 0.29) is 5.91 Å². The zero-order valence-electron chi connectivity index (χ0n) is 9.81. The molecule has 6 heteroatoms. The van der Waals surface area contributed by atoms with Crippen molar-refractivity contribution >= 4 is 17.7 Å². The van der Waals surface area contributed by atoms with Crippen molar-refractivity contribution in [3.05, 3.63) is 12.0 Å². The molecule has 1 N–H and O–H groups in total. The fourth-order valence-corrected chi connectivity index (χ4v) is 2.32. The molecule has 17 heavy (non-hydrogen) atoms. The SMILES string of the molecule is CCCN1C2=NCCCN2C(=O)c2[nH]cnc21.